The minimum absolute atomic E-state index is 0.0721. The fourth-order valence-corrected chi connectivity index (χ4v) is 6.60. The van der Waals surface area contributed by atoms with E-state index in [-0.39, 0.29) is 17.7 Å². The first-order valence-electron chi connectivity index (χ1n) is 12.6. The minimum atomic E-state index is -3.58. The van der Waals surface area contributed by atoms with E-state index in [1.807, 2.05) is 49.4 Å². The Morgan fingerprint density at radius 2 is 1.74 bits per heavy atom. The summed E-state index contributed by atoms with van der Waals surface area (Å²) in [4.78, 5) is 28.3. The molecule has 4 rings (SSSR count). The normalized spacial score (nSPS) is 17.5. The van der Waals surface area contributed by atoms with Gasteiger partial charge >= 0.3 is 0 Å². The van der Waals surface area contributed by atoms with Gasteiger partial charge in [-0.3, -0.25) is 9.59 Å². The molecule has 0 bridgehead atoms. The molecular formula is C27H35N3O4S. The van der Waals surface area contributed by atoms with Gasteiger partial charge in [0.05, 0.1) is 4.90 Å². The predicted octanol–water partition coefficient (Wildman–Crippen LogP) is 3.84. The third-order valence-electron chi connectivity index (χ3n) is 7.15. The van der Waals surface area contributed by atoms with Gasteiger partial charge in [-0.25, -0.2) is 8.42 Å². The molecule has 7 nitrogen and oxygen atoms in total. The fourth-order valence-electron chi connectivity index (χ4n) is 5.08. The van der Waals surface area contributed by atoms with E-state index in [1.54, 1.807) is 17.9 Å². The van der Waals surface area contributed by atoms with Gasteiger partial charge in [0, 0.05) is 31.2 Å². The van der Waals surface area contributed by atoms with Gasteiger partial charge in [-0.1, -0.05) is 31.2 Å². The van der Waals surface area contributed by atoms with Crippen molar-refractivity contribution in [2.75, 3.05) is 25.0 Å². The summed E-state index contributed by atoms with van der Waals surface area (Å²) in [5.41, 5.74) is 3.07. The average Bonchev–Trinajstić information content (AvgIpc) is 3.35. The van der Waals surface area contributed by atoms with E-state index in [9.17, 15) is 18.0 Å². The zero-order valence-electron chi connectivity index (χ0n) is 20.6. The molecule has 2 amide bonds. The van der Waals surface area contributed by atoms with E-state index in [0.29, 0.717) is 43.1 Å². The highest BCUT2D eigenvalue weighted by Gasteiger charge is 2.36. The van der Waals surface area contributed by atoms with Crippen molar-refractivity contribution in [2.45, 2.75) is 63.3 Å². The van der Waals surface area contributed by atoms with Gasteiger partial charge in [0.25, 0.3) is 0 Å². The third-order valence-corrected chi connectivity index (χ3v) is 9.04. The van der Waals surface area contributed by atoms with Crippen LogP contribution in [-0.4, -0.2) is 55.1 Å². The lowest BCUT2D eigenvalue weighted by Crippen LogP contribution is -2.50. The number of hydrogen-bond acceptors (Lipinski definition) is 4. The van der Waals surface area contributed by atoms with Crippen LogP contribution in [0.3, 0.4) is 0 Å². The van der Waals surface area contributed by atoms with Gasteiger partial charge in [-0.05, 0) is 80.8 Å². The molecule has 1 atom stereocenters. The standard InChI is InChI=1S/C27H35N3O4S/c1-3-16-30(20(2)26(31)28-24-10-5-4-6-11-24)27(32)22-14-17-29(18-15-22)35(33,34)25-13-12-21-8-7-9-23(21)19-25/h4-6,10-13,19-20,22H,3,7-9,14-18H2,1-2H3,(H,28,31). The number of aryl methyl sites for hydroxylation is 2. The Kier molecular flexibility index (Phi) is 7.91. The summed E-state index contributed by atoms with van der Waals surface area (Å²) in [5, 5.41) is 2.88. The van der Waals surface area contributed by atoms with Gasteiger partial charge in [0.15, 0.2) is 0 Å². The second kappa shape index (κ2) is 10.9. The minimum Gasteiger partial charge on any atom is -0.331 e. The Bertz CT molecular complexity index is 1160. The Morgan fingerprint density at radius 1 is 1.06 bits per heavy atom. The third kappa shape index (κ3) is 5.59. The smallest absolute Gasteiger partial charge is 0.246 e. The maximum Gasteiger partial charge on any atom is 0.246 e. The van der Waals surface area contributed by atoms with Gasteiger partial charge in [-0.15, -0.1) is 0 Å². The van der Waals surface area contributed by atoms with Crippen molar-refractivity contribution in [1.29, 1.82) is 0 Å². The monoisotopic (exact) mass is 497 g/mol. The van der Waals surface area contributed by atoms with Crippen LogP contribution < -0.4 is 5.32 Å². The Hall–Kier alpha value is -2.71. The summed E-state index contributed by atoms with van der Waals surface area (Å²) >= 11 is 0. The highest BCUT2D eigenvalue weighted by atomic mass is 32.2. The van der Waals surface area contributed by atoms with Crippen LogP contribution in [0.4, 0.5) is 5.69 Å². The number of carbonyl (C=O) groups is 2. The molecule has 1 aliphatic carbocycles. The molecular weight excluding hydrogens is 462 g/mol. The summed E-state index contributed by atoms with van der Waals surface area (Å²) in [5.74, 6) is -0.591. The molecule has 2 aliphatic rings. The zero-order valence-corrected chi connectivity index (χ0v) is 21.4. The first-order valence-corrected chi connectivity index (χ1v) is 14.0. The number of rotatable bonds is 8. The van der Waals surface area contributed by atoms with Crippen molar-refractivity contribution in [1.82, 2.24) is 9.21 Å². The first kappa shape index (κ1) is 25.4. The van der Waals surface area contributed by atoms with Crippen molar-refractivity contribution in [3.8, 4) is 0 Å². The Morgan fingerprint density at radius 3 is 2.43 bits per heavy atom. The Labute approximate surface area is 208 Å². The van der Waals surface area contributed by atoms with E-state index in [4.69, 9.17) is 0 Å². The number of benzene rings is 2. The summed E-state index contributed by atoms with van der Waals surface area (Å²) < 4.78 is 28.0. The van der Waals surface area contributed by atoms with Crippen LogP contribution in [0.5, 0.6) is 0 Å². The fraction of sp³-hybridized carbons (Fsp3) is 0.481. The van der Waals surface area contributed by atoms with E-state index >= 15 is 0 Å². The number of sulfonamides is 1. The number of nitrogens with zero attached hydrogens (tertiary/aromatic N) is 2. The van der Waals surface area contributed by atoms with E-state index in [2.05, 4.69) is 5.32 Å². The number of piperidine rings is 1. The molecule has 2 aromatic carbocycles. The maximum atomic E-state index is 13.4. The average molecular weight is 498 g/mol. The number of amides is 2. The van der Waals surface area contributed by atoms with Crippen molar-refractivity contribution >= 4 is 27.5 Å². The highest BCUT2D eigenvalue weighted by molar-refractivity contribution is 7.89. The molecule has 0 spiro atoms. The molecule has 2 aromatic rings. The predicted molar refractivity (Wildman–Crippen MR) is 136 cm³/mol. The highest BCUT2D eigenvalue weighted by Crippen LogP contribution is 2.29. The molecule has 1 fully saturated rings. The second-order valence-corrected chi connectivity index (χ2v) is 11.5. The number of fused-ring (bicyclic) bond motifs is 1. The molecule has 0 saturated carbocycles. The summed E-state index contributed by atoms with van der Waals surface area (Å²) in [6.45, 7) is 4.82. The number of para-hydroxylation sites is 1. The lowest BCUT2D eigenvalue weighted by atomic mass is 9.95. The number of nitrogens with one attached hydrogen (secondary N) is 1. The number of anilines is 1. The maximum absolute atomic E-state index is 13.4. The van der Waals surface area contributed by atoms with E-state index in [1.165, 1.54) is 9.87 Å². The summed E-state index contributed by atoms with van der Waals surface area (Å²) in [6, 6.07) is 14.1. The van der Waals surface area contributed by atoms with Crippen LogP contribution in [0.1, 0.15) is 50.7 Å². The van der Waals surface area contributed by atoms with Gasteiger partial charge in [-0.2, -0.15) is 4.31 Å². The van der Waals surface area contributed by atoms with Crippen molar-refractivity contribution in [2.24, 2.45) is 5.92 Å². The lowest BCUT2D eigenvalue weighted by molar-refractivity contribution is -0.142. The van der Waals surface area contributed by atoms with Crippen LogP contribution in [0.2, 0.25) is 0 Å². The Balaban J connectivity index is 1.39. The topological polar surface area (TPSA) is 86.8 Å². The molecule has 0 radical (unpaired) electrons. The largest absolute Gasteiger partial charge is 0.331 e. The van der Waals surface area contributed by atoms with E-state index < -0.39 is 16.1 Å². The molecule has 8 heteroatoms. The van der Waals surface area contributed by atoms with Gasteiger partial charge in [0.2, 0.25) is 21.8 Å². The summed E-state index contributed by atoms with van der Waals surface area (Å²) in [7, 11) is -3.58. The van der Waals surface area contributed by atoms with Crippen LogP contribution in [0, 0.1) is 5.92 Å². The van der Waals surface area contributed by atoms with Crippen LogP contribution in [-0.2, 0) is 32.5 Å². The number of carbonyl (C=O) groups excluding carboxylic acids is 2. The molecule has 1 aliphatic heterocycles. The molecule has 188 valence electrons. The van der Waals surface area contributed by atoms with Crippen LogP contribution >= 0.6 is 0 Å². The quantitative estimate of drug-likeness (QED) is 0.600. The lowest BCUT2D eigenvalue weighted by Gasteiger charge is -2.35. The second-order valence-electron chi connectivity index (χ2n) is 9.53. The number of hydrogen-bond donors (Lipinski definition) is 1. The SMILES string of the molecule is CCCN(C(=O)C1CCN(S(=O)(=O)c2ccc3c(c2)CCC3)CC1)C(C)C(=O)Nc1ccccc1. The van der Waals surface area contributed by atoms with Gasteiger partial charge in [0.1, 0.15) is 6.04 Å². The van der Waals surface area contributed by atoms with Crippen molar-refractivity contribution in [3.05, 3.63) is 59.7 Å². The van der Waals surface area contributed by atoms with Crippen molar-refractivity contribution in [3.63, 3.8) is 0 Å². The molecule has 1 N–H and O–H groups in total. The molecule has 1 saturated heterocycles. The molecule has 1 heterocycles. The van der Waals surface area contributed by atoms with Gasteiger partial charge < -0.3 is 10.2 Å². The van der Waals surface area contributed by atoms with Crippen LogP contribution in [0.15, 0.2) is 53.4 Å². The summed E-state index contributed by atoms with van der Waals surface area (Å²) in [6.07, 6.45) is 4.66. The van der Waals surface area contributed by atoms with Crippen molar-refractivity contribution < 1.29 is 18.0 Å². The molecule has 0 aromatic heterocycles. The molecule has 35 heavy (non-hydrogen) atoms. The molecule has 1 unspecified atom stereocenters. The zero-order chi connectivity index (χ0) is 25.0. The van der Waals surface area contributed by atoms with Crippen LogP contribution in [0.25, 0.3) is 0 Å². The first-order chi connectivity index (χ1) is 16.8. The van der Waals surface area contributed by atoms with E-state index in [0.717, 1.165) is 31.2 Å².